The lowest BCUT2D eigenvalue weighted by Gasteiger charge is -2.13. The van der Waals surface area contributed by atoms with E-state index in [-0.39, 0.29) is 17.2 Å². The molecule has 0 saturated heterocycles. The third-order valence-corrected chi connectivity index (χ3v) is 4.64. The van der Waals surface area contributed by atoms with Crippen molar-refractivity contribution in [2.75, 3.05) is 16.3 Å². The third kappa shape index (κ3) is 4.30. The van der Waals surface area contributed by atoms with Crippen LogP contribution in [0.25, 0.3) is 10.9 Å². The molecule has 4 rings (SSSR count). The van der Waals surface area contributed by atoms with Crippen LogP contribution in [0.4, 0.5) is 21.7 Å². The van der Waals surface area contributed by atoms with E-state index in [9.17, 15) is 12.8 Å². The zero-order chi connectivity index (χ0) is 21.3. The highest BCUT2D eigenvalue weighted by atomic mass is 32.2. The normalized spacial score (nSPS) is 11.4. The number of sulfonamides is 1. The quantitative estimate of drug-likeness (QED) is 0.484. The molecule has 2 aromatic heterocycles. The molecule has 0 saturated carbocycles. The molecular formula is C19H17FN6O3S. The second-order valence-corrected chi connectivity index (χ2v) is 8.24. The Morgan fingerprint density at radius 2 is 1.97 bits per heavy atom. The first kappa shape index (κ1) is 19.6. The van der Waals surface area contributed by atoms with Crippen molar-refractivity contribution >= 4 is 38.2 Å². The second kappa shape index (κ2) is 7.59. The van der Waals surface area contributed by atoms with Crippen molar-refractivity contribution in [1.82, 2.24) is 19.7 Å². The van der Waals surface area contributed by atoms with Gasteiger partial charge in [-0.15, -0.1) is 0 Å². The van der Waals surface area contributed by atoms with Crippen LogP contribution in [-0.4, -0.2) is 34.4 Å². The number of para-hydroxylation sites is 1. The van der Waals surface area contributed by atoms with Gasteiger partial charge >= 0.3 is 0 Å². The monoisotopic (exact) mass is 428 g/mol. The van der Waals surface area contributed by atoms with E-state index in [4.69, 9.17) is 4.74 Å². The van der Waals surface area contributed by atoms with Crippen molar-refractivity contribution in [1.29, 1.82) is 0 Å². The fraction of sp³-hybridized carbons (Fsp3) is 0.105. The van der Waals surface area contributed by atoms with Gasteiger partial charge in [-0.05, 0) is 30.3 Å². The number of nitrogens with zero attached hydrogens (tertiary/aromatic N) is 4. The van der Waals surface area contributed by atoms with Gasteiger partial charge in [0.1, 0.15) is 17.9 Å². The van der Waals surface area contributed by atoms with E-state index >= 15 is 0 Å². The van der Waals surface area contributed by atoms with Crippen LogP contribution in [0.1, 0.15) is 0 Å². The zero-order valence-electron chi connectivity index (χ0n) is 16.0. The van der Waals surface area contributed by atoms with E-state index < -0.39 is 15.8 Å². The number of benzene rings is 2. The topological polar surface area (TPSA) is 111 Å². The summed E-state index contributed by atoms with van der Waals surface area (Å²) in [5, 5.41) is 7.99. The maximum Gasteiger partial charge on any atom is 0.229 e. The van der Waals surface area contributed by atoms with E-state index in [2.05, 4.69) is 25.1 Å². The number of nitrogens with one attached hydrogen (secondary N) is 2. The predicted octanol–water partition coefficient (Wildman–Crippen LogP) is 3.41. The number of aromatic nitrogens is 4. The van der Waals surface area contributed by atoms with Crippen LogP contribution in [0, 0.1) is 5.82 Å². The van der Waals surface area contributed by atoms with E-state index in [0.717, 1.165) is 6.26 Å². The summed E-state index contributed by atoms with van der Waals surface area (Å²) >= 11 is 0. The summed E-state index contributed by atoms with van der Waals surface area (Å²) in [7, 11) is -1.82. The Morgan fingerprint density at radius 1 is 1.13 bits per heavy atom. The number of halogens is 1. The minimum atomic E-state index is -3.62. The van der Waals surface area contributed by atoms with Gasteiger partial charge in [-0.25, -0.2) is 22.8 Å². The van der Waals surface area contributed by atoms with Crippen LogP contribution in [0.5, 0.6) is 11.5 Å². The number of hydrogen-bond acceptors (Lipinski definition) is 7. The van der Waals surface area contributed by atoms with E-state index in [1.807, 2.05) is 0 Å². The molecule has 2 heterocycles. The third-order valence-electron chi connectivity index (χ3n) is 4.05. The van der Waals surface area contributed by atoms with Crippen LogP contribution >= 0.6 is 0 Å². The molecule has 0 radical (unpaired) electrons. The smallest absolute Gasteiger partial charge is 0.229 e. The summed E-state index contributed by atoms with van der Waals surface area (Å²) in [6.07, 6.45) is 4.18. The molecule has 9 nitrogen and oxygen atoms in total. The molecule has 0 aliphatic carbocycles. The molecule has 30 heavy (non-hydrogen) atoms. The van der Waals surface area contributed by atoms with Gasteiger partial charge in [0.25, 0.3) is 0 Å². The standard InChI is InChI=1S/C19H17FN6O3S/c1-26-9-8-17(24-26)23-19-13-10-12(6-7-15(13)21-11-22-19)29-18-14(20)4-3-5-16(18)25-30(2,27)28/h3-11,25H,1-2H3,(H,21,22,23,24). The maximum absolute atomic E-state index is 14.4. The van der Waals surface area contributed by atoms with Crippen LogP contribution in [-0.2, 0) is 17.1 Å². The Balaban J connectivity index is 1.72. The van der Waals surface area contributed by atoms with Crippen LogP contribution in [0.15, 0.2) is 55.0 Å². The van der Waals surface area contributed by atoms with Gasteiger partial charge in [-0.2, -0.15) is 5.10 Å². The fourth-order valence-electron chi connectivity index (χ4n) is 2.81. The fourth-order valence-corrected chi connectivity index (χ4v) is 3.37. The van der Waals surface area contributed by atoms with Gasteiger partial charge in [0, 0.05) is 24.7 Å². The summed E-state index contributed by atoms with van der Waals surface area (Å²) in [6, 6.07) is 10.7. The van der Waals surface area contributed by atoms with Crippen LogP contribution in [0.2, 0.25) is 0 Å². The SMILES string of the molecule is Cn1ccc(Nc2ncnc3ccc(Oc4c(F)cccc4NS(C)(=O)=O)cc23)n1. The number of anilines is 3. The minimum Gasteiger partial charge on any atom is -0.452 e. The number of rotatable bonds is 6. The number of fused-ring (bicyclic) bond motifs is 1. The maximum atomic E-state index is 14.4. The van der Waals surface area contributed by atoms with Crippen LogP contribution < -0.4 is 14.8 Å². The van der Waals surface area contributed by atoms with Crippen molar-refractivity contribution in [3.05, 3.63) is 60.8 Å². The number of aryl methyl sites for hydroxylation is 1. The van der Waals surface area contributed by atoms with E-state index in [1.54, 1.807) is 42.2 Å². The van der Waals surface area contributed by atoms with Crippen molar-refractivity contribution in [2.45, 2.75) is 0 Å². The lowest BCUT2D eigenvalue weighted by Crippen LogP contribution is -2.10. The van der Waals surface area contributed by atoms with Crippen LogP contribution in [0.3, 0.4) is 0 Å². The highest BCUT2D eigenvalue weighted by Crippen LogP contribution is 2.35. The van der Waals surface area contributed by atoms with Gasteiger partial charge in [0.2, 0.25) is 10.0 Å². The highest BCUT2D eigenvalue weighted by molar-refractivity contribution is 7.92. The molecule has 0 spiro atoms. The lowest BCUT2D eigenvalue weighted by atomic mass is 10.2. The molecule has 11 heteroatoms. The van der Waals surface area contributed by atoms with E-state index in [1.165, 1.54) is 24.5 Å². The first-order valence-electron chi connectivity index (χ1n) is 8.74. The average Bonchev–Trinajstić information content (AvgIpc) is 3.08. The number of hydrogen-bond donors (Lipinski definition) is 2. The molecule has 2 aromatic carbocycles. The van der Waals surface area contributed by atoms with Gasteiger partial charge in [0.15, 0.2) is 17.4 Å². The lowest BCUT2D eigenvalue weighted by molar-refractivity contribution is 0.445. The molecular weight excluding hydrogens is 411 g/mol. The minimum absolute atomic E-state index is 0.00579. The van der Waals surface area contributed by atoms with Crippen molar-refractivity contribution in [3.63, 3.8) is 0 Å². The molecule has 0 atom stereocenters. The summed E-state index contributed by atoms with van der Waals surface area (Å²) in [5.74, 6) is 0.422. The molecule has 154 valence electrons. The zero-order valence-corrected chi connectivity index (χ0v) is 16.8. The molecule has 2 N–H and O–H groups in total. The first-order valence-corrected chi connectivity index (χ1v) is 10.6. The molecule has 0 bridgehead atoms. The summed E-state index contributed by atoms with van der Waals surface area (Å²) < 4.78 is 47.2. The second-order valence-electron chi connectivity index (χ2n) is 6.49. The van der Waals surface area contributed by atoms with E-state index in [0.29, 0.717) is 22.5 Å². The molecule has 4 aromatic rings. The molecule has 0 unspecified atom stereocenters. The summed E-state index contributed by atoms with van der Waals surface area (Å²) in [4.78, 5) is 8.47. The molecule has 0 aliphatic heterocycles. The van der Waals surface area contributed by atoms with Gasteiger partial charge in [0.05, 0.1) is 17.5 Å². The van der Waals surface area contributed by atoms with Crippen molar-refractivity contribution in [2.24, 2.45) is 7.05 Å². The number of ether oxygens (including phenoxy) is 1. The van der Waals surface area contributed by atoms with Gasteiger partial charge < -0.3 is 10.1 Å². The predicted molar refractivity (Wildman–Crippen MR) is 111 cm³/mol. The Bertz CT molecular complexity index is 1340. The van der Waals surface area contributed by atoms with Crippen molar-refractivity contribution in [3.8, 4) is 11.5 Å². The molecule has 0 fully saturated rings. The largest absolute Gasteiger partial charge is 0.452 e. The average molecular weight is 428 g/mol. The highest BCUT2D eigenvalue weighted by Gasteiger charge is 2.15. The Labute approximate surface area is 171 Å². The summed E-state index contributed by atoms with van der Waals surface area (Å²) in [6.45, 7) is 0. The Kier molecular flexibility index (Phi) is 4.96. The first-order chi connectivity index (χ1) is 14.3. The molecule has 0 aliphatic rings. The Hall–Kier alpha value is -3.73. The molecule has 0 amide bonds. The van der Waals surface area contributed by atoms with Crippen molar-refractivity contribution < 1.29 is 17.5 Å². The van der Waals surface area contributed by atoms with Gasteiger partial charge in [-0.1, -0.05) is 6.07 Å². The van der Waals surface area contributed by atoms with Gasteiger partial charge in [-0.3, -0.25) is 9.40 Å². The Morgan fingerprint density at radius 3 is 2.70 bits per heavy atom. The summed E-state index contributed by atoms with van der Waals surface area (Å²) in [5.41, 5.74) is 0.632.